The summed E-state index contributed by atoms with van der Waals surface area (Å²) in [6.45, 7) is 0. The summed E-state index contributed by atoms with van der Waals surface area (Å²) in [5, 5.41) is 16.7. The van der Waals surface area contributed by atoms with Crippen LogP contribution in [0.5, 0.6) is 0 Å². The van der Waals surface area contributed by atoms with E-state index in [1.165, 1.54) is 0 Å². The Labute approximate surface area is 64.5 Å². The van der Waals surface area contributed by atoms with E-state index in [4.69, 9.17) is 10.5 Å². The molecular weight excluding hydrogens is 138 g/mol. The number of nitriles is 2. The average molecular weight is 143 g/mol. The first-order valence-electron chi connectivity index (χ1n) is 3.09. The first-order chi connectivity index (χ1) is 5.36. The van der Waals surface area contributed by atoms with Crippen LogP contribution in [0.2, 0.25) is 0 Å². The van der Waals surface area contributed by atoms with Crippen LogP contribution in [0.3, 0.4) is 0 Å². The molecule has 1 heterocycles. The molecule has 1 rings (SSSR count). The number of hydrogen-bond donors (Lipinski definition) is 0. The molecule has 0 saturated carbocycles. The van der Waals surface area contributed by atoms with Gasteiger partial charge in [-0.1, -0.05) is 6.07 Å². The van der Waals surface area contributed by atoms with Crippen molar-refractivity contribution >= 4 is 0 Å². The lowest BCUT2D eigenvalue weighted by molar-refractivity contribution is 1.17. The number of pyridine rings is 1. The van der Waals surface area contributed by atoms with Crippen LogP contribution in [0.4, 0.5) is 0 Å². The van der Waals surface area contributed by atoms with E-state index in [1.807, 2.05) is 12.1 Å². The molecule has 0 saturated heterocycles. The van der Waals surface area contributed by atoms with E-state index in [0.717, 1.165) is 5.56 Å². The molecule has 0 bridgehead atoms. The van der Waals surface area contributed by atoms with Gasteiger partial charge in [-0.2, -0.15) is 10.5 Å². The largest absolute Gasteiger partial charge is 0.245 e. The maximum atomic E-state index is 8.38. The standard InChI is InChI=1S/C8H5N3/c9-4-3-7-1-2-8(5-10)11-6-7/h1-2,6H,3H2. The highest BCUT2D eigenvalue weighted by Crippen LogP contribution is 1.98. The Kier molecular flexibility index (Phi) is 2.20. The van der Waals surface area contributed by atoms with E-state index in [2.05, 4.69) is 4.98 Å². The highest BCUT2D eigenvalue weighted by Gasteiger charge is 1.92. The fourth-order valence-corrected chi connectivity index (χ4v) is 0.686. The average Bonchev–Trinajstić information content (AvgIpc) is 2.07. The molecule has 0 aliphatic rings. The SMILES string of the molecule is N#CCc1ccc(C#N)nc1. The minimum atomic E-state index is 0.346. The van der Waals surface area contributed by atoms with Crippen molar-refractivity contribution in [1.29, 1.82) is 10.5 Å². The topological polar surface area (TPSA) is 60.5 Å². The Morgan fingerprint density at radius 1 is 1.36 bits per heavy atom. The van der Waals surface area contributed by atoms with Crippen molar-refractivity contribution in [3.05, 3.63) is 29.6 Å². The highest BCUT2D eigenvalue weighted by molar-refractivity contribution is 5.24. The summed E-state index contributed by atoms with van der Waals surface area (Å²) in [5.74, 6) is 0. The van der Waals surface area contributed by atoms with E-state index in [9.17, 15) is 0 Å². The summed E-state index contributed by atoms with van der Waals surface area (Å²) in [5.41, 5.74) is 1.22. The number of hydrogen-bond acceptors (Lipinski definition) is 3. The predicted octanol–water partition coefficient (Wildman–Crippen LogP) is 1.02. The smallest absolute Gasteiger partial charge is 0.140 e. The zero-order valence-electron chi connectivity index (χ0n) is 5.78. The minimum absolute atomic E-state index is 0.346. The normalized spacial score (nSPS) is 8.18. The second kappa shape index (κ2) is 3.34. The zero-order valence-corrected chi connectivity index (χ0v) is 5.78. The highest BCUT2D eigenvalue weighted by atomic mass is 14.7. The lowest BCUT2D eigenvalue weighted by Gasteiger charge is -1.90. The zero-order chi connectivity index (χ0) is 8.10. The van der Waals surface area contributed by atoms with Crippen LogP contribution < -0.4 is 0 Å². The van der Waals surface area contributed by atoms with Crippen molar-refractivity contribution in [2.45, 2.75) is 6.42 Å². The van der Waals surface area contributed by atoms with Crippen molar-refractivity contribution in [2.24, 2.45) is 0 Å². The predicted molar refractivity (Wildman–Crippen MR) is 38.3 cm³/mol. The third kappa shape index (κ3) is 1.77. The molecule has 0 aliphatic heterocycles. The van der Waals surface area contributed by atoms with Crippen LogP contribution in [0.1, 0.15) is 11.3 Å². The Hall–Kier alpha value is -1.87. The van der Waals surface area contributed by atoms with Gasteiger partial charge in [0.25, 0.3) is 0 Å². The van der Waals surface area contributed by atoms with Crippen LogP contribution in [0, 0.1) is 22.7 Å². The summed E-state index contributed by atoms with van der Waals surface area (Å²) < 4.78 is 0. The van der Waals surface area contributed by atoms with Gasteiger partial charge in [0.2, 0.25) is 0 Å². The van der Waals surface area contributed by atoms with Crippen molar-refractivity contribution in [1.82, 2.24) is 4.98 Å². The van der Waals surface area contributed by atoms with Gasteiger partial charge >= 0.3 is 0 Å². The second-order valence-electron chi connectivity index (χ2n) is 2.00. The quantitative estimate of drug-likeness (QED) is 0.589. The van der Waals surface area contributed by atoms with E-state index < -0.39 is 0 Å². The van der Waals surface area contributed by atoms with Crippen LogP contribution in [0.15, 0.2) is 18.3 Å². The molecule has 0 spiro atoms. The van der Waals surface area contributed by atoms with Crippen molar-refractivity contribution < 1.29 is 0 Å². The molecule has 1 aromatic rings. The van der Waals surface area contributed by atoms with Crippen LogP contribution in [-0.4, -0.2) is 4.98 Å². The van der Waals surface area contributed by atoms with E-state index in [0.29, 0.717) is 12.1 Å². The third-order valence-electron chi connectivity index (χ3n) is 1.22. The minimum Gasteiger partial charge on any atom is -0.245 e. The van der Waals surface area contributed by atoms with Crippen molar-refractivity contribution in [2.75, 3.05) is 0 Å². The molecule has 3 heteroatoms. The molecule has 0 amide bonds. The third-order valence-corrected chi connectivity index (χ3v) is 1.22. The Morgan fingerprint density at radius 3 is 2.64 bits per heavy atom. The van der Waals surface area contributed by atoms with Crippen molar-refractivity contribution in [3.8, 4) is 12.1 Å². The van der Waals surface area contributed by atoms with Crippen LogP contribution in [-0.2, 0) is 6.42 Å². The molecule has 0 atom stereocenters. The molecule has 0 unspecified atom stereocenters. The first-order valence-corrected chi connectivity index (χ1v) is 3.09. The molecule has 0 aliphatic carbocycles. The maximum Gasteiger partial charge on any atom is 0.140 e. The van der Waals surface area contributed by atoms with Crippen LogP contribution in [0.25, 0.3) is 0 Å². The van der Waals surface area contributed by atoms with Gasteiger partial charge in [-0.25, -0.2) is 4.98 Å². The molecule has 1 aromatic heterocycles. The van der Waals surface area contributed by atoms with Gasteiger partial charge in [0.1, 0.15) is 11.8 Å². The fraction of sp³-hybridized carbons (Fsp3) is 0.125. The van der Waals surface area contributed by atoms with Gasteiger partial charge in [-0.05, 0) is 11.6 Å². The summed E-state index contributed by atoms with van der Waals surface area (Å²) in [4.78, 5) is 3.80. The Morgan fingerprint density at radius 2 is 2.18 bits per heavy atom. The molecular formula is C8H5N3. The van der Waals surface area contributed by atoms with E-state index in [1.54, 1.807) is 18.3 Å². The maximum absolute atomic E-state index is 8.38. The lowest BCUT2D eigenvalue weighted by Crippen LogP contribution is -1.85. The number of aromatic nitrogens is 1. The second-order valence-corrected chi connectivity index (χ2v) is 2.00. The van der Waals surface area contributed by atoms with Gasteiger partial charge < -0.3 is 0 Å². The van der Waals surface area contributed by atoms with Gasteiger partial charge in [0, 0.05) is 6.20 Å². The van der Waals surface area contributed by atoms with Crippen LogP contribution >= 0.6 is 0 Å². The molecule has 0 aromatic carbocycles. The molecule has 52 valence electrons. The first kappa shape index (κ1) is 7.24. The summed E-state index contributed by atoms with van der Waals surface area (Å²) in [7, 11) is 0. The van der Waals surface area contributed by atoms with Gasteiger partial charge in [0.05, 0.1) is 12.5 Å². The van der Waals surface area contributed by atoms with Gasteiger partial charge in [-0.15, -0.1) is 0 Å². The summed E-state index contributed by atoms with van der Waals surface area (Å²) >= 11 is 0. The Bertz CT molecular complexity index is 313. The molecule has 0 N–H and O–H groups in total. The van der Waals surface area contributed by atoms with Crippen molar-refractivity contribution in [3.63, 3.8) is 0 Å². The Balaban J connectivity index is 2.87. The summed E-state index contributed by atoms with van der Waals surface area (Å²) in [6.07, 6.45) is 1.89. The van der Waals surface area contributed by atoms with Gasteiger partial charge in [0.15, 0.2) is 0 Å². The van der Waals surface area contributed by atoms with E-state index >= 15 is 0 Å². The summed E-state index contributed by atoms with van der Waals surface area (Å²) in [6, 6.07) is 7.24. The number of rotatable bonds is 1. The lowest BCUT2D eigenvalue weighted by atomic mass is 10.2. The van der Waals surface area contributed by atoms with E-state index in [-0.39, 0.29) is 0 Å². The fourth-order valence-electron chi connectivity index (χ4n) is 0.686. The molecule has 0 fully saturated rings. The molecule has 11 heavy (non-hydrogen) atoms. The monoisotopic (exact) mass is 143 g/mol. The van der Waals surface area contributed by atoms with Gasteiger partial charge in [-0.3, -0.25) is 0 Å². The molecule has 3 nitrogen and oxygen atoms in total. The number of nitrogens with zero attached hydrogens (tertiary/aromatic N) is 3. The molecule has 0 radical (unpaired) electrons.